The molecule has 6 nitrogen and oxygen atoms in total. The fraction of sp³-hybridized carbons (Fsp3) is 0.611. The molecule has 0 aliphatic carbocycles. The molecule has 2 aliphatic rings. The molecule has 0 saturated carbocycles. The number of fused-ring (bicyclic) bond motifs is 1. The van der Waals surface area contributed by atoms with Crippen LogP contribution in [-0.4, -0.2) is 73.2 Å². The van der Waals surface area contributed by atoms with E-state index in [9.17, 15) is 4.79 Å². The molecule has 1 aromatic rings. The summed E-state index contributed by atoms with van der Waals surface area (Å²) >= 11 is 0. The van der Waals surface area contributed by atoms with Crippen molar-refractivity contribution in [3.05, 3.63) is 23.8 Å². The number of nitrogens with zero attached hydrogens (tertiary/aromatic N) is 3. The van der Waals surface area contributed by atoms with E-state index in [-0.39, 0.29) is 18.7 Å². The molecule has 1 amide bonds. The molecule has 0 spiro atoms. The molecule has 0 aromatic heterocycles. The van der Waals surface area contributed by atoms with E-state index in [0.717, 1.165) is 49.8 Å². The van der Waals surface area contributed by atoms with Gasteiger partial charge in [0.25, 0.3) is 0 Å². The predicted molar refractivity (Wildman–Crippen MR) is 92.2 cm³/mol. The minimum Gasteiger partial charge on any atom is -0.454 e. The summed E-state index contributed by atoms with van der Waals surface area (Å²) in [6, 6.07) is 5.82. The number of carbonyl (C=O) groups is 1. The Kier molecular flexibility index (Phi) is 5.26. The predicted octanol–water partition coefficient (Wildman–Crippen LogP) is 1.40. The molecule has 1 unspecified atom stereocenters. The zero-order chi connectivity index (χ0) is 17.1. The summed E-state index contributed by atoms with van der Waals surface area (Å²) in [4.78, 5) is 19.2. The third-order valence-electron chi connectivity index (χ3n) is 5.02. The van der Waals surface area contributed by atoms with Crippen molar-refractivity contribution < 1.29 is 14.3 Å². The summed E-state index contributed by atoms with van der Waals surface area (Å²) in [5.41, 5.74) is 1.12. The molecule has 3 rings (SSSR count). The van der Waals surface area contributed by atoms with Crippen LogP contribution in [0.25, 0.3) is 0 Å². The van der Waals surface area contributed by atoms with Crippen LogP contribution in [0.3, 0.4) is 0 Å². The maximum absolute atomic E-state index is 12.7. The Morgan fingerprint density at radius 1 is 1.21 bits per heavy atom. The minimum atomic E-state index is -0.136. The first-order valence-corrected chi connectivity index (χ1v) is 8.68. The lowest BCUT2D eigenvalue weighted by atomic mass is 10.1. The van der Waals surface area contributed by atoms with Crippen molar-refractivity contribution in [2.45, 2.75) is 26.4 Å². The first-order valence-electron chi connectivity index (χ1n) is 8.68. The maximum Gasteiger partial charge on any atom is 0.239 e. The van der Waals surface area contributed by atoms with E-state index >= 15 is 0 Å². The minimum absolute atomic E-state index is 0.136. The van der Waals surface area contributed by atoms with Gasteiger partial charge in [0.15, 0.2) is 11.5 Å². The van der Waals surface area contributed by atoms with Crippen LogP contribution in [0.2, 0.25) is 0 Å². The normalized spacial score (nSPS) is 18.9. The first-order chi connectivity index (χ1) is 11.6. The van der Waals surface area contributed by atoms with E-state index < -0.39 is 0 Å². The Balaban J connectivity index is 1.56. The van der Waals surface area contributed by atoms with Crippen molar-refractivity contribution in [1.82, 2.24) is 14.7 Å². The van der Waals surface area contributed by atoms with Crippen LogP contribution >= 0.6 is 0 Å². The van der Waals surface area contributed by atoms with Crippen LogP contribution in [-0.2, 0) is 11.3 Å². The number of hydrogen-bond donors (Lipinski definition) is 0. The number of hydrogen-bond acceptors (Lipinski definition) is 5. The van der Waals surface area contributed by atoms with E-state index in [0.29, 0.717) is 6.54 Å². The van der Waals surface area contributed by atoms with Crippen molar-refractivity contribution in [3.63, 3.8) is 0 Å². The van der Waals surface area contributed by atoms with E-state index in [1.165, 1.54) is 0 Å². The Labute approximate surface area is 143 Å². The van der Waals surface area contributed by atoms with Crippen LogP contribution in [0, 0.1) is 0 Å². The van der Waals surface area contributed by atoms with E-state index in [1.807, 2.05) is 37.1 Å². The number of carbonyl (C=O) groups excluding carboxylic acids is 1. The lowest BCUT2D eigenvalue weighted by molar-refractivity contribution is -0.137. The lowest BCUT2D eigenvalue weighted by Gasteiger charge is -2.37. The largest absolute Gasteiger partial charge is 0.454 e. The van der Waals surface area contributed by atoms with Gasteiger partial charge in [0.2, 0.25) is 12.7 Å². The van der Waals surface area contributed by atoms with Gasteiger partial charge in [-0.05, 0) is 38.2 Å². The van der Waals surface area contributed by atoms with E-state index in [4.69, 9.17) is 9.47 Å². The molecular formula is C18H27N3O3. The SMILES string of the molecule is CCN1CCN(C(=O)C(C)N(C)Cc2ccc3c(c2)OCO3)CC1. The van der Waals surface area contributed by atoms with Gasteiger partial charge in [0, 0.05) is 32.7 Å². The van der Waals surface area contributed by atoms with Gasteiger partial charge in [-0.3, -0.25) is 9.69 Å². The summed E-state index contributed by atoms with van der Waals surface area (Å²) in [6.45, 7) is 9.81. The van der Waals surface area contributed by atoms with E-state index in [2.05, 4.69) is 16.7 Å². The molecule has 6 heteroatoms. The van der Waals surface area contributed by atoms with Crippen LogP contribution in [0.4, 0.5) is 0 Å². The molecular weight excluding hydrogens is 306 g/mol. The Morgan fingerprint density at radius 2 is 1.92 bits per heavy atom. The second-order valence-corrected chi connectivity index (χ2v) is 6.54. The molecule has 0 radical (unpaired) electrons. The van der Waals surface area contributed by atoms with Crippen LogP contribution in [0.15, 0.2) is 18.2 Å². The molecule has 132 valence electrons. The molecule has 24 heavy (non-hydrogen) atoms. The van der Waals surface area contributed by atoms with Gasteiger partial charge in [0.05, 0.1) is 6.04 Å². The molecule has 2 aliphatic heterocycles. The highest BCUT2D eigenvalue weighted by molar-refractivity contribution is 5.81. The summed E-state index contributed by atoms with van der Waals surface area (Å²) in [5.74, 6) is 1.80. The number of amides is 1. The first kappa shape index (κ1) is 17.0. The van der Waals surface area contributed by atoms with Gasteiger partial charge >= 0.3 is 0 Å². The van der Waals surface area contributed by atoms with Crippen molar-refractivity contribution in [2.75, 3.05) is 46.6 Å². The molecule has 1 saturated heterocycles. The quantitative estimate of drug-likeness (QED) is 0.815. The Hall–Kier alpha value is -1.79. The average molecular weight is 333 g/mol. The number of ether oxygens (including phenoxy) is 2. The monoisotopic (exact) mass is 333 g/mol. The van der Waals surface area contributed by atoms with Crippen LogP contribution < -0.4 is 9.47 Å². The summed E-state index contributed by atoms with van der Waals surface area (Å²) in [6.07, 6.45) is 0. The van der Waals surface area contributed by atoms with Crippen LogP contribution in [0.5, 0.6) is 11.5 Å². The van der Waals surface area contributed by atoms with Crippen molar-refractivity contribution in [2.24, 2.45) is 0 Å². The molecule has 0 bridgehead atoms. The molecule has 0 N–H and O–H groups in total. The number of rotatable bonds is 5. The second-order valence-electron chi connectivity index (χ2n) is 6.54. The zero-order valence-electron chi connectivity index (χ0n) is 14.8. The Bertz CT molecular complexity index is 585. The van der Waals surface area contributed by atoms with E-state index in [1.54, 1.807) is 0 Å². The van der Waals surface area contributed by atoms with Gasteiger partial charge in [-0.25, -0.2) is 0 Å². The van der Waals surface area contributed by atoms with Gasteiger partial charge in [-0.1, -0.05) is 13.0 Å². The standard InChI is InChI=1S/C18H27N3O3/c1-4-20-7-9-21(10-8-20)18(22)14(2)19(3)12-15-5-6-16-17(11-15)24-13-23-16/h5-6,11,14H,4,7-10,12-13H2,1-3H3. The molecule has 1 aromatic carbocycles. The smallest absolute Gasteiger partial charge is 0.239 e. The maximum atomic E-state index is 12.7. The second kappa shape index (κ2) is 7.40. The number of piperazine rings is 1. The van der Waals surface area contributed by atoms with Crippen LogP contribution in [0.1, 0.15) is 19.4 Å². The fourth-order valence-corrected chi connectivity index (χ4v) is 3.20. The topological polar surface area (TPSA) is 45.2 Å². The molecule has 2 heterocycles. The van der Waals surface area contributed by atoms with Crippen molar-refractivity contribution in [3.8, 4) is 11.5 Å². The summed E-state index contributed by atoms with van der Waals surface area (Å²) < 4.78 is 10.8. The lowest BCUT2D eigenvalue weighted by Crippen LogP contribution is -2.53. The summed E-state index contributed by atoms with van der Waals surface area (Å²) in [7, 11) is 2.00. The molecule has 1 fully saturated rings. The molecule has 1 atom stereocenters. The van der Waals surface area contributed by atoms with Gasteiger partial charge in [-0.2, -0.15) is 0 Å². The number of likely N-dealkylation sites (N-methyl/N-ethyl adjacent to an activating group) is 2. The third-order valence-corrected chi connectivity index (χ3v) is 5.02. The highest BCUT2D eigenvalue weighted by atomic mass is 16.7. The highest BCUT2D eigenvalue weighted by Crippen LogP contribution is 2.32. The average Bonchev–Trinajstić information content (AvgIpc) is 3.08. The van der Waals surface area contributed by atoms with Crippen molar-refractivity contribution >= 4 is 5.91 Å². The zero-order valence-corrected chi connectivity index (χ0v) is 14.8. The van der Waals surface area contributed by atoms with Gasteiger partial charge in [-0.15, -0.1) is 0 Å². The van der Waals surface area contributed by atoms with Crippen molar-refractivity contribution in [1.29, 1.82) is 0 Å². The highest BCUT2D eigenvalue weighted by Gasteiger charge is 2.27. The van der Waals surface area contributed by atoms with Gasteiger partial charge < -0.3 is 19.3 Å². The van der Waals surface area contributed by atoms with Gasteiger partial charge in [0.1, 0.15) is 0 Å². The third kappa shape index (κ3) is 3.65. The number of benzene rings is 1. The summed E-state index contributed by atoms with van der Waals surface area (Å²) in [5, 5.41) is 0. The fourth-order valence-electron chi connectivity index (χ4n) is 3.20. The Morgan fingerprint density at radius 3 is 2.62 bits per heavy atom.